The molecule has 2 saturated heterocycles. The molecule has 0 bridgehead atoms. The first-order valence-corrected chi connectivity index (χ1v) is 12.9. The van der Waals surface area contributed by atoms with Crippen molar-refractivity contribution >= 4 is 0 Å². The van der Waals surface area contributed by atoms with E-state index >= 15 is 0 Å². The molecule has 38 heavy (non-hydrogen) atoms. The molecule has 4 rings (SSSR count). The van der Waals surface area contributed by atoms with Gasteiger partial charge in [0.05, 0.1) is 13.2 Å². The van der Waals surface area contributed by atoms with Gasteiger partial charge in [-0.25, -0.2) is 0 Å². The van der Waals surface area contributed by atoms with E-state index in [9.17, 15) is 35.7 Å². The van der Waals surface area contributed by atoms with Crippen LogP contribution in [0.4, 0.5) is 0 Å². The number of rotatable bonds is 6. The molecule has 0 unspecified atom stereocenters. The van der Waals surface area contributed by atoms with Crippen molar-refractivity contribution < 1.29 is 59.4 Å². The lowest BCUT2D eigenvalue weighted by molar-refractivity contribution is -0.323. The van der Waals surface area contributed by atoms with E-state index in [0.717, 1.165) is 40.8 Å². The van der Waals surface area contributed by atoms with Crippen molar-refractivity contribution in [3.8, 4) is 11.5 Å². The van der Waals surface area contributed by atoms with Crippen LogP contribution in [0.3, 0.4) is 0 Å². The van der Waals surface area contributed by atoms with Gasteiger partial charge in [0, 0.05) is 5.56 Å². The molecule has 3 aliphatic heterocycles. The van der Waals surface area contributed by atoms with Gasteiger partial charge in [-0.05, 0) is 64.2 Å². The van der Waals surface area contributed by atoms with Crippen molar-refractivity contribution in [2.75, 3.05) is 13.2 Å². The summed E-state index contributed by atoms with van der Waals surface area (Å²) < 4.78 is 29.0. The molecule has 0 aromatic heterocycles. The molecule has 1 aromatic rings. The Labute approximate surface area is 221 Å². The summed E-state index contributed by atoms with van der Waals surface area (Å²) in [5.41, 5.74) is 3.20. The highest BCUT2D eigenvalue weighted by molar-refractivity contribution is 5.59. The second-order valence-corrected chi connectivity index (χ2v) is 11.0. The van der Waals surface area contributed by atoms with Crippen LogP contribution in [0, 0.1) is 20.8 Å². The Balaban J connectivity index is 1.51. The molecule has 7 N–H and O–H groups in total. The fourth-order valence-electron chi connectivity index (χ4n) is 5.19. The van der Waals surface area contributed by atoms with Crippen LogP contribution in [0.5, 0.6) is 11.5 Å². The molecular formula is C26H40O12. The monoisotopic (exact) mass is 544 g/mol. The number of benzene rings is 1. The lowest BCUT2D eigenvalue weighted by Crippen LogP contribution is -2.62. The van der Waals surface area contributed by atoms with Crippen LogP contribution in [0.25, 0.3) is 0 Å². The zero-order valence-electron chi connectivity index (χ0n) is 22.3. The first-order chi connectivity index (χ1) is 17.8. The third kappa shape index (κ3) is 5.39. The Hall–Kier alpha value is -1.58. The second kappa shape index (κ2) is 11.1. The summed E-state index contributed by atoms with van der Waals surface area (Å²) >= 11 is 0. The summed E-state index contributed by atoms with van der Waals surface area (Å²) in [4.78, 5) is 0. The molecule has 10 atom stereocenters. The fourth-order valence-corrected chi connectivity index (χ4v) is 5.19. The minimum Gasteiger partial charge on any atom is -0.487 e. The SMILES string of the molecule is Cc1c(C)c2c(c(C)c1O[C@@H]1O[C@H](CO[C@@H]3O[C@H](CO)[C@@H](O)[C@H](O)[C@H]3O)[C@@H](O)[C@H](O)[C@H]1O)CCC(C)(C)O2. The molecule has 0 spiro atoms. The molecule has 1 aromatic carbocycles. The molecule has 3 heterocycles. The van der Waals surface area contributed by atoms with E-state index in [4.69, 9.17) is 23.7 Å². The number of hydrogen-bond acceptors (Lipinski definition) is 12. The fraction of sp³-hybridized carbons (Fsp3) is 0.769. The van der Waals surface area contributed by atoms with Crippen LogP contribution < -0.4 is 9.47 Å². The summed E-state index contributed by atoms with van der Waals surface area (Å²) in [7, 11) is 0. The Bertz CT molecular complexity index is 997. The van der Waals surface area contributed by atoms with E-state index in [2.05, 4.69) is 0 Å². The highest BCUT2D eigenvalue weighted by atomic mass is 16.7. The van der Waals surface area contributed by atoms with Crippen LogP contribution in [-0.2, 0) is 20.6 Å². The lowest BCUT2D eigenvalue weighted by Gasteiger charge is -2.43. The first kappa shape index (κ1) is 29.4. The third-order valence-electron chi connectivity index (χ3n) is 7.84. The van der Waals surface area contributed by atoms with Crippen molar-refractivity contribution in [3.63, 3.8) is 0 Å². The van der Waals surface area contributed by atoms with Crippen molar-refractivity contribution in [2.45, 2.75) is 114 Å². The molecule has 3 aliphatic rings. The summed E-state index contributed by atoms with van der Waals surface area (Å²) in [6.07, 6.45) is -13.3. The number of aliphatic hydroxyl groups is 7. The zero-order chi connectivity index (χ0) is 28.1. The van der Waals surface area contributed by atoms with E-state index < -0.39 is 74.6 Å². The minimum absolute atomic E-state index is 0.296. The number of aliphatic hydroxyl groups excluding tert-OH is 7. The largest absolute Gasteiger partial charge is 0.487 e. The molecule has 0 saturated carbocycles. The summed E-state index contributed by atoms with van der Waals surface area (Å²) in [5.74, 6) is 1.29. The number of ether oxygens (including phenoxy) is 5. The normalized spacial score (nSPS) is 38.8. The number of fused-ring (bicyclic) bond motifs is 1. The maximum absolute atomic E-state index is 10.7. The average molecular weight is 545 g/mol. The van der Waals surface area contributed by atoms with Crippen LogP contribution in [0.1, 0.15) is 42.5 Å². The molecular weight excluding hydrogens is 504 g/mol. The zero-order valence-corrected chi connectivity index (χ0v) is 22.3. The summed E-state index contributed by atoms with van der Waals surface area (Å²) in [6.45, 7) is 8.69. The van der Waals surface area contributed by atoms with Crippen molar-refractivity contribution in [1.82, 2.24) is 0 Å². The second-order valence-electron chi connectivity index (χ2n) is 11.0. The van der Waals surface area contributed by atoms with Gasteiger partial charge in [-0.1, -0.05) is 0 Å². The summed E-state index contributed by atoms with van der Waals surface area (Å²) in [6, 6.07) is 0. The van der Waals surface area contributed by atoms with Gasteiger partial charge in [0.2, 0.25) is 6.29 Å². The van der Waals surface area contributed by atoms with Gasteiger partial charge >= 0.3 is 0 Å². The van der Waals surface area contributed by atoms with Gasteiger partial charge in [-0.2, -0.15) is 0 Å². The molecule has 216 valence electrons. The third-order valence-corrected chi connectivity index (χ3v) is 7.84. The van der Waals surface area contributed by atoms with Crippen LogP contribution in [-0.4, -0.2) is 116 Å². The van der Waals surface area contributed by atoms with Gasteiger partial charge < -0.3 is 59.4 Å². The van der Waals surface area contributed by atoms with Crippen LogP contribution in [0.2, 0.25) is 0 Å². The standard InChI is InChI=1S/C26H40O12/c1-10-11(2)23-13(6-7-26(4,5)38-23)12(3)22(10)37-25-21(33)19(31)17(29)15(36-25)9-34-24-20(32)18(30)16(28)14(8-27)35-24/h14-21,24-25,27-33H,6-9H2,1-5H3/t14-,15-,16-,17-,18+,19+,20-,21-,24-,25+/m1/s1. The quantitative estimate of drug-likeness (QED) is 0.225. The van der Waals surface area contributed by atoms with Crippen LogP contribution >= 0.6 is 0 Å². The van der Waals surface area contributed by atoms with E-state index in [1.54, 1.807) is 0 Å². The van der Waals surface area contributed by atoms with Gasteiger partial charge in [-0.15, -0.1) is 0 Å². The van der Waals surface area contributed by atoms with Gasteiger partial charge in [0.25, 0.3) is 0 Å². The average Bonchev–Trinajstić information content (AvgIpc) is 2.88. The Morgan fingerprint density at radius 3 is 1.97 bits per heavy atom. The predicted molar refractivity (Wildman–Crippen MR) is 131 cm³/mol. The first-order valence-electron chi connectivity index (χ1n) is 12.9. The Morgan fingerprint density at radius 1 is 0.763 bits per heavy atom. The molecule has 2 fully saturated rings. The van der Waals surface area contributed by atoms with Gasteiger partial charge in [0.15, 0.2) is 6.29 Å². The number of hydrogen-bond donors (Lipinski definition) is 7. The highest BCUT2D eigenvalue weighted by Gasteiger charge is 2.48. The Morgan fingerprint density at radius 2 is 1.34 bits per heavy atom. The van der Waals surface area contributed by atoms with Crippen molar-refractivity contribution in [2.24, 2.45) is 0 Å². The topological polar surface area (TPSA) is 188 Å². The smallest absolute Gasteiger partial charge is 0.229 e. The van der Waals surface area contributed by atoms with Crippen molar-refractivity contribution in [1.29, 1.82) is 0 Å². The molecule has 0 amide bonds. The summed E-state index contributed by atoms with van der Waals surface area (Å²) in [5, 5.41) is 71.2. The van der Waals surface area contributed by atoms with Crippen LogP contribution in [0.15, 0.2) is 0 Å². The Kier molecular flexibility index (Phi) is 8.61. The van der Waals surface area contributed by atoms with Gasteiger partial charge in [0.1, 0.15) is 65.9 Å². The molecule has 12 heteroatoms. The lowest BCUT2D eigenvalue weighted by atomic mass is 9.88. The van der Waals surface area contributed by atoms with E-state index in [1.807, 2.05) is 34.6 Å². The van der Waals surface area contributed by atoms with E-state index in [-0.39, 0.29) is 5.60 Å². The van der Waals surface area contributed by atoms with E-state index in [1.165, 1.54) is 0 Å². The molecule has 0 radical (unpaired) electrons. The molecule has 12 nitrogen and oxygen atoms in total. The maximum atomic E-state index is 10.7. The van der Waals surface area contributed by atoms with E-state index in [0.29, 0.717) is 5.75 Å². The predicted octanol–water partition coefficient (Wildman–Crippen LogP) is -1.28. The van der Waals surface area contributed by atoms with Crippen molar-refractivity contribution in [3.05, 3.63) is 22.3 Å². The highest BCUT2D eigenvalue weighted by Crippen LogP contribution is 2.44. The van der Waals surface area contributed by atoms with Gasteiger partial charge in [-0.3, -0.25) is 0 Å². The maximum Gasteiger partial charge on any atom is 0.229 e. The molecule has 0 aliphatic carbocycles. The minimum atomic E-state index is -1.65.